The van der Waals surface area contributed by atoms with Gasteiger partial charge in [0.05, 0.1) is 18.2 Å². The first-order chi connectivity index (χ1) is 10.6. The number of nitrogens with zero attached hydrogens (tertiary/aromatic N) is 1. The number of nitrogens with two attached hydrogens (primary N) is 1. The van der Waals surface area contributed by atoms with Crippen LogP contribution in [0.3, 0.4) is 0 Å². The van der Waals surface area contributed by atoms with Crippen LogP contribution in [-0.4, -0.2) is 18.6 Å². The minimum Gasteiger partial charge on any atom is -0.491 e. The first-order valence-corrected chi connectivity index (χ1v) is 7.50. The van der Waals surface area contributed by atoms with Gasteiger partial charge in [0.1, 0.15) is 5.75 Å². The van der Waals surface area contributed by atoms with Crippen LogP contribution in [0.5, 0.6) is 5.75 Å². The van der Waals surface area contributed by atoms with Crippen molar-refractivity contribution in [1.29, 1.82) is 0 Å². The predicted molar refractivity (Wildman–Crippen MR) is 85.4 cm³/mol. The molecule has 1 rings (SSSR count). The molecule has 1 aromatic carbocycles. The Bertz CT molecular complexity index is 540. The summed E-state index contributed by atoms with van der Waals surface area (Å²) in [5.74, 6) is 0.683. The molecule has 130 valence electrons. The molecule has 0 aromatic heterocycles. The molecule has 1 aromatic rings. The number of halogens is 3. The maximum Gasteiger partial charge on any atom is 0.416 e. The van der Waals surface area contributed by atoms with Crippen molar-refractivity contribution >= 4 is 5.96 Å². The summed E-state index contributed by atoms with van der Waals surface area (Å²) in [6, 6.07) is 3.89. The second-order valence-corrected chi connectivity index (χ2v) is 5.96. The van der Waals surface area contributed by atoms with E-state index in [-0.39, 0.29) is 29.9 Å². The Morgan fingerprint density at radius 2 is 1.91 bits per heavy atom. The van der Waals surface area contributed by atoms with Crippen LogP contribution < -0.4 is 15.8 Å². The van der Waals surface area contributed by atoms with Gasteiger partial charge < -0.3 is 15.8 Å². The minimum atomic E-state index is -4.47. The van der Waals surface area contributed by atoms with Crippen LogP contribution in [0.25, 0.3) is 0 Å². The Kier molecular flexibility index (Phi) is 6.72. The van der Waals surface area contributed by atoms with Crippen LogP contribution in [0.4, 0.5) is 13.2 Å². The van der Waals surface area contributed by atoms with Gasteiger partial charge in [-0.1, -0.05) is 19.9 Å². The molecule has 3 N–H and O–H groups in total. The van der Waals surface area contributed by atoms with E-state index < -0.39 is 11.7 Å². The van der Waals surface area contributed by atoms with E-state index in [2.05, 4.69) is 10.3 Å². The molecule has 0 atom stereocenters. The topological polar surface area (TPSA) is 59.6 Å². The monoisotopic (exact) mass is 331 g/mol. The van der Waals surface area contributed by atoms with Crippen LogP contribution >= 0.6 is 0 Å². The molecule has 0 aliphatic rings. The Morgan fingerprint density at radius 3 is 2.43 bits per heavy atom. The zero-order chi connectivity index (χ0) is 17.6. The van der Waals surface area contributed by atoms with Crippen molar-refractivity contribution in [3.8, 4) is 5.75 Å². The molecular weight excluding hydrogens is 307 g/mol. The molecule has 0 aliphatic heterocycles. The number of hydrogen-bond donors (Lipinski definition) is 2. The Balaban J connectivity index is 2.95. The normalized spacial score (nSPS) is 12.8. The third-order valence-electron chi connectivity index (χ3n) is 2.87. The summed E-state index contributed by atoms with van der Waals surface area (Å²) in [5, 5.41) is 2.87. The summed E-state index contributed by atoms with van der Waals surface area (Å²) < 4.78 is 44.9. The summed E-state index contributed by atoms with van der Waals surface area (Å²) in [7, 11) is 0. The van der Waals surface area contributed by atoms with Gasteiger partial charge in [0, 0.05) is 6.54 Å². The van der Waals surface area contributed by atoms with Crippen molar-refractivity contribution in [2.75, 3.05) is 6.54 Å². The van der Waals surface area contributed by atoms with Gasteiger partial charge in [0.15, 0.2) is 5.96 Å². The van der Waals surface area contributed by atoms with E-state index in [9.17, 15) is 13.2 Å². The van der Waals surface area contributed by atoms with E-state index in [0.717, 1.165) is 6.07 Å². The average Bonchev–Trinajstić information content (AvgIpc) is 2.42. The number of aliphatic imine (C=N–C) groups is 1. The standard InChI is InChI=1S/C16H24F3N3O/c1-10(2)8-21-15(20)22-9-12-5-6-13(23-11(3)4)7-14(12)16(17,18)19/h5-7,10-11H,8-9H2,1-4H3,(H3,20,21,22). The lowest BCUT2D eigenvalue weighted by molar-refractivity contribution is -0.138. The predicted octanol–water partition coefficient (Wildman–Crippen LogP) is 3.55. The second kappa shape index (κ2) is 8.08. The van der Waals surface area contributed by atoms with E-state index in [4.69, 9.17) is 10.5 Å². The van der Waals surface area contributed by atoms with Crippen LogP contribution in [0, 0.1) is 5.92 Å². The summed E-state index contributed by atoms with van der Waals surface area (Å²) in [4.78, 5) is 3.97. The number of nitrogens with one attached hydrogen (secondary N) is 1. The highest BCUT2D eigenvalue weighted by molar-refractivity contribution is 5.77. The minimum absolute atomic E-state index is 0.0582. The van der Waals surface area contributed by atoms with E-state index in [0.29, 0.717) is 12.5 Å². The van der Waals surface area contributed by atoms with Crippen molar-refractivity contribution in [2.45, 2.75) is 46.5 Å². The van der Waals surface area contributed by atoms with Gasteiger partial charge in [-0.15, -0.1) is 0 Å². The average molecular weight is 331 g/mol. The van der Waals surface area contributed by atoms with Crippen molar-refractivity contribution in [3.63, 3.8) is 0 Å². The van der Waals surface area contributed by atoms with Crippen molar-refractivity contribution in [1.82, 2.24) is 5.32 Å². The molecule has 0 amide bonds. The molecule has 0 fully saturated rings. The van der Waals surface area contributed by atoms with Crippen LogP contribution in [0.2, 0.25) is 0 Å². The first kappa shape index (κ1) is 19.1. The SMILES string of the molecule is CC(C)CNC(N)=NCc1ccc(OC(C)C)cc1C(F)(F)F. The number of rotatable bonds is 6. The lowest BCUT2D eigenvalue weighted by Crippen LogP contribution is -2.34. The highest BCUT2D eigenvalue weighted by Crippen LogP contribution is 2.35. The zero-order valence-electron chi connectivity index (χ0n) is 13.9. The molecule has 4 nitrogen and oxygen atoms in total. The number of ether oxygens (including phenoxy) is 1. The lowest BCUT2D eigenvalue weighted by Gasteiger charge is -2.16. The van der Waals surface area contributed by atoms with Gasteiger partial charge in [-0.3, -0.25) is 0 Å². The van der Waals surface area contributed by atoms with Gasteiger partial charge in [-0.2, -0.15) is 13.2 Å². The maximum atomic E-state index is 13.2. The van der Waals surface area contributed by atoms with Gasteiger partial charge in [-0.25, -0.2) is 4.99 Å². The van der Waals surface area contributed by atoms with Gasteiger partial charge >= 0.3 is 6.18 Å². The molecule has 0 saturated carbocycles. The molecule has 23 heavy (non-hydrogen) atoms. The fourth-order valence-corrected chi connectivity index (χ4v) is 1.84. The van der Waals surface area contributed by atoms with Crippen LogP contribution in [0.15, 0.2) is 23.2 Å². The molecule has 0 unspecified atom stereocenters. The quantitative estimate of drug-likeness (QED) is 0.619. The summed E-state index contributed by atoms with van der Waals surface area (Å²) in [6.45, 7) is 7.97. The molecule has 0 bridgehead atoms. The van der Waals surface area contributed by atoms with Crippen LogP contribution in [-0.2, 0) is 12.7 Å². The number of hydrogen-bond acceptors (Lipinski definition) is 2. The molecule has 0 heterocycles. The smallest absolute Gasteiger partial charge is 0.416 e. The van der Waals surface area contributed by atoms with E-state index >= 15 is 0 Å². The number of benzene rings is 1. The third kappa shape index (κ3) is 6.80. The number of guanidine groups is 1. The molecular formula is C16H24F3N3O. The van der Waals surface area contributed by atoms with Crippen LogP contribution in [0.1, 0.15) is 38.8 Å². The summed E-state index contributed by atoms with van der Waals surface area (Å²) in [5.41, 5.74) is 4.96. The highest BCUT2D eigenvalue weighted by Gasteiger charge is 2.33. The molecule has 0 radical (unpaired) electrons. The molecule has 0 saturated heterocycles. The largest absolute Gasteiger partial charge is 0.491 e. The van der Waals surface area contributed by atoms with Gasteiger partial charge in [0.2, 0.25) is 0 Å². The van der Waals surface area contributed by atoms with Crippen molar-refractivity contribution in [2.24, 2.45) is 16.6 Å². The highest BCUT2D eigenvalue weighted by atomic mass is 19.4. The van der Waals surface area contributed by atoms with E-state index in [1.807, 2.05) is 13.8 Å². The fraction of sp³-hybridized carbons (Fsp3) is 0.562. The Hall–Kier alpha value is -1.92. The number of alkyl halides is 3. The van der Waals surface area contributed by atoms with Crippen molar-refractivity contribution in [3.05, 3.63) is 29.3 Å². The zero-order valence-corrected chi connectivity index (χ0v) is 13.9. The van der Waals surface area contributed by atoms with Gasteiger partial charge in [0.25, 0.3) is 0 Å². The summed E-state index contributed by atoms with van der Waals surface area (Å²) in [6.07, 6.45) is -4.67. The third-order valence-corrected chi connectivity index (χ3v) is 2.87. The first-order valence-electron chi connectivity index (χ1n) is 7.50. The molecule has 0 spiro atoms. The van der Waals surface area contributed by atoms with Crippen molar-refractivity contribution < 1.29 is 17.9 Å². The van der Waals surface area contributed by atoms with Gasteiger partial charge in [-0.05, 0) is 37.5 Å². The fourth-order valence-electron chi connectivity index (χ4n) is 1.84. The Labute approximate surface area is 134 Å². The Morgan fingerprint density at radius 1 is 1.26 bits per heavy atom. The summed E-state index contributed by atoms with van der Waals surface area (Å²) >= 11 is 0. The molecule has 7 heteroatoms. The van der Waals surface area contributed by atoms with E-state index in [1.54, 1.807) is 13.8 Å². The maximum absolute atomic E-state index is 13.2. The molecule has 0 aliphatic carbocycles. The van der Waals surface area contributed by atoms with E-state index in [1.165, 1.54) is 12.1 Å². The lowest BCUT2D eigenvalue weighted by atomic mass is 10.1. The second-order valence-electron chi connectivity index (χ2n) is 5.96.